The van der Waals surface area contributed by atoms with Crippen molar-refractivity contribution in [3.05, 3.63) is 45.6 Å². The maximum absolute atomic E-state index is 5.84. The highest BCUT2D eigenvalue weighted by molar-refractivity contribution is 9.10. The molecule has 1 aliphatic rings. The molecule has 0 saturated carbocycles. The molecule has 1 aliphatic heterocycles. The van der Waals surface area contributed by atoms with Gasteiger partial charge in [-0.3, -0.25) is 0 Å². The molecule has 2 nitrogen and oxygen atoms in total. The van der Waals surface area contributed by atoms with E-state index in [0.717, 1.165) is 42.6 Å². The van der Waals surface area contributed by atoms with E-state index in [1.165, 1.54) is 11.1 Å². The zero-order chi connectivity index (χ0) is 13.7. The van der Waals surface area contributed by atoms with Crippen molar-refractivity contribution in [2.45, 2.75) is 39.2 Å². The van der Waals surface area contributed by atoms with Crippen molar-refractivity contribution >= 4 is 15.9 Å². The molecule has 1 N–H and O–H groups in total. The van der Waals surface area contributed by atoms with Crippen LogP contribution in [0.1, 0.15) is 43.4 Å². The van der Waals surface area contributed by atoms with Crippen LogP contribution in [0.2, 0.25) is 0 Å². The summed E-state index contributed by atoms with van der Waals surface area (Å²) in [6.45, 7) is 6.13. The first-order chi connectivity index (χ1) is 9.22. The van der Waals surface area contributed by atoms with Crippen molar-refractivity contribution in [3.8, 4) is 0 Å². The van der Waals surface area contributed by atoms with E-state index in [1.807, 2.05) is 0 Å². The molecule has 104 valence electrons. The molecule has 0 fully saturated rings. The molecule has 1 aromatic rings. The maximum atomic E-state index is 5.84. The summed E-state index contributed by atoms with van der Waals surface area (Å²) in [5.41, 5.74) is 2.52. The van der Waals surface area contributed by atoms with Crippen LogP contribution in [0.15, 0.2) is 34.5 Å². The van der Waals surface area contributed by atoms with Gasteiger partial charge >= 0.3 is 0 Å². The molecule has 0 amide bonds. The average Bonchev–Trinajstić information content (AvgIpc) is 2.44. The zero-order valence-corrected chi connectivity index (χ0v) is 13.3. The van der Waals surface area contributed by atoms with Crippen LogP contribution in [0, 0.1) is 6.92 Å². The Kier molecular flexibility index (Phi) is 5.46. The Morgan fingerprint density at radius 2 is 2.26 bits per heavy atom. The number of benzene rings is 1. The van der Waals surface area contributed by atoms with Crippen LogP contribution in [0.3, 0.4) is 0 Å². The lowest BCUT2D eigenvalue weighted by Crippen LogP contribution is -2.26. The van der Waals surface area contributed by atoms with Crippen molar-refractivity contribution in [3.63, 3.8) is 0 Å². The van der Waals surface area contributed by atoms with Gasteiger partial charge in [0.2, 0.25) is 0 Å². The largest absolute Gasteiger partial charge is 0.496 e. The smallest absolute Gasteiger partial charge is 0.113 e. The number of rotatable bonds is 5. The fraction of sp³-hybridized carbons (Fsp3) is 0.500. The minimum Gasteiger partial charge on any atom is -0.496 e. The van der Waals surface area contributed by atoms with Crippen LogP contribution in [-0.4, -0.2) is 13.2 Å². The van der Waals surface area contributed by atoms with E-state index in [-0.39, 0.29) is 6.04 Å². The lowest BCUT2D eigenvalue weighted by atomic mass is 10.0. The predicted octanol–water partition coefficient (Wildman–Crippen LogP) is 4.49. The Morgan fingerprint density at radius 1 is 1.42 bits per heavy atom. The molecule has 1 unspecified atom stereocenters. The fourth-order valence-corrected chi connectivity index (χ4v) is 2.63. The van der Waals surface area contributed by atoms with Gasteiger partial charge < -0.3 is 10.1 Å². The van der Waals surface area contributed by atoms with E-state index in [1.54, 1.807) is 0 Å². The van der Waals surface area contributed by atoms with Crippen LogP contribution in [0.5, 0.6) is 0 Å². The van der Waals surface area contributed by atoms with Crippen molar-refractivity contribution in [1.29, 1.82) is 0 Å². The lowest BCUT2D eigenvalue weighted by Gasteiger charge is -2.25. The third kappa shape index (κ3) is 3.83. The number of hydrogen-bond donors (Lipinski definition) is 1. The van der Waals surface area contributed by atoms with Crippen molar-refractivity contribution < 1.29 is 4.74 Å². The minimum atomic E-state index is 0.178. The first kappa shape index (κ1) is 14.6. The molecule has 0 spiro atoms. The van der Waals surface area contributed by atoms with Gasteiger partial charge in [-0.15, -0.1) is 0 Å². The summed E-state index contributed by atoms with van der Waals surface area (Å²) in [4.78, 5) is 0. The molecule has 19 heavy (non-hydrogen) atoms. The molecule has 1 aromatic carbocycles. The molecule has 0 radical (unpaired) electrons. The standard InChI is InChI=1S/C16H22BrNO/c1-3-9-18-16(15-6-4-5-10-19-15)13-8-7-12(2)14(17)11-13/h6-8,11,16,18H,3-5,9-10H2,1-2H3. The molecule has 0 aliphatic carbocycles. The zero-order valence-electron chi connectivity index (χ0n) is 11.7. The van der Waals surface area contributed by atoms with E-state index < -0.39 is 0 Å². The molecular weight excluding hydrogens is 302 g/mol. The fourth-order valence-electron chi connectivity index (χ4n) is 2.24. The highest BCUT2D eigenvalue weighted by atomic mass is 79.9. The van der Waals surface area contributed by atoms with Crippen LogP contribution in [0.4, 0.5) is 0 Å². The maximum Gasteiger partial charge on any atom is 0.113 e. The van der Waals surface area contributed by atoms with E-state index in [9.17, 15) is 0 Å². The SMILES string of the molecule is CCCNC(C1=CCCCO1)c1ccc(C)c(Br)c1. The summed E-state index contributed by atoms with van der Waals surface area (Å²) in [6.07, 6.45) is 5.59. The number of halogens is 1. The molecule has 1 atom stereocenters. The molecule has 0 aromatic heterocycles. The van der Waals surface area contributed by atoms with Gasteiger partial charge in [0.1, 0.15) is 5.76 Å². The second kappa shape index (κ2) is 7.11. The second-order valence-corrected chi connectivity index (χ2v) is 5.85. The van der Waals surface area contributed by atoms with Gasteiger partial charge in [-0.2, -0.15) is 0 Å². The van der Waals surface area contributed by atoms with Gasteiger partial charge in [0, 0.05) is 4.47 Å². The molecule has 3 heteroatoms. The number of hydrogen-bond acceptors (Lipinski definition) is 2. The van der Waals surface area contributed by atoms with Gasteiger partial charge in [-0.05, 0) is 56.0 Å². The highest BCUT2D eigenvalue weighted by Gasteiger charge is 2.19. The van der Waals surface area contributed by atoms with Gasteiger partial charge in [-0.1, -0.05) is 35.0 Å². The van der Waals surface area contributed by atoms with Crippen molar-refractivity contribution in [2.24, 2.45) is 0 Å². The average molecular weight is 324 g/mol. The minimum absolute atomic E-state index is 0.178. The summed E-state index contributed by atoms with van der Waals surface area (Å²) < 4.78 is 7.00. The van der Waals surface area contributed by atoms with Gasteiger partial charge in [0.05, 0.1) is 12.6 Å². The summed E-state index contributed by atoms with van der Waals surface area (Å²) in [7, 11) is 0. The van der Waals surface area contributed by atoms with Crippen LogP contribution in [-0.2, 0) is 4.74 Å². The van der Waals surface area contributed by atoms with E-state index in [4.69, 9.17) is 4.74 Å². The van der Waals surface area contributed by atoms with Crippen molar-refractivity contribution in [1.82, 2.24) is 5.32 Å². The molecule has 1 heterocycles. The normalized spacial score (nSPS) is 16.7. The predicted molar refractivity (Wildman–Crippen MR) is 83.2 cm³/mol. The Hall–Kier alpha value is -0.800. The van der Waals surface area contributed by atoms with E-state index in [2.05, 4.69) is 59.4 Å². The van der Waals surface area contributed by atoms with Crippen molar-refractivity contribution in [2.75, 3.05) is 13.2 Å². The molecule has 0 bridgehead atoms. The number of allylic oxidation sites excluding steroid dienone is 1. The first-order valence-corrected chi connectivity index (χ1v) is 7.84. The Bertz CT molecular complexity index is 456. The number of nitrogens with one attached hydrogen (secondary N) is 1. The number of ether oxygens (including phenoxy) is 1. The summed E-state index contributed by atoms with van der Waals surface area (Å²) >= 11 is 3.62. The molecule has 2 rings (SSSR count). The van der Waals surface area contributed by atoms with Crippen LogP contribution >= 0.6 is 15.9 Å². The summed E-state index contributed by atoms with van der Waals surface area (Å²) in [6, 6.07) is 6.72. The van der Waals surface area contributed by atoms with Crippen LogP contribution in [0.25, 0.3) is 0 Å². The van der Waals surface area contributed by atoms with Gasteiger partial charge in [0.15, 0.2) is 0 Å². The highest BCUT2D eigenvalue weighted by Crippen LogP contribution is 2.29. The monoisotopic (exact) mass is 323 g/mol. The molecular formula is C16H22BrNO. The summed E-state index contributed by atoms with van der Waals surface area (Å²) in [5, 5.41) is 3.59. The van der Waals surface area contributed by atoms with E-state index in [0.29, 0.717) is 0 Å². The molecule has 0 saturated heterocycles. The first-order valence-electron chi connectivity index (χ1n) is 7.04. The third-order valence-electron chi connectivity index (χ3n) is 3.37. The quantitative estimate of drug-likeness (QED) is 0.861. The summed E-state index contributed by atoms with van der Waals surface area (Å²) in [5.74, 6) is 1.08. The second-order valence-electron chi connectivity index (χ2n) is 4.99. The van der Waals surface area contributed by atoms with Gasteiger partial charge in [0.25, 0.3) is 0 Å². The van der Waals surface area contributed by atoms with E-state index >= 15 is 0 Å². The van der Waals surface area contributed by atoms with Crippen LogP contribution < -0.4 is 5.32 Å². The number of aryl methyl sites for hydroxylation is 1. The Labute approximate surface area is 124 Å². The Morgan fingerprint density at radius 3 is 2.89 bits per heavy atom. The van der Waals surface area contributed by atoms with Gasteiger partial charge in [-0.25, -0.2) is 0 Å². The Balaban J connectivity index is 2.25. The third-order valence-corrected chi connectivity index (χ3v) is 4.23. The topological polar surface area (TPSA) is 21.3 Å². The lowest BCUT2D eigenvalue weighted by molar-refractivity contribution is 0.167.